The van der Waals surface area contributed by atoms with Gasteiger partial charge >= 0.3 is 0 Å². The molecule has 5 heteroatoms. The fraction of sp³-hybridized carbons (Fsp3) is 0.286. The Labute approximate surface area is 129 Å². The van der Waals surface area contributed by atoms with Crippen LogP contribution in [-0.4, -0.2) is 6.61 Å². The average Bonchev–Trinajstić information content (AvgIpc) is 2.87. The van der Waals surface area contributed by atoms with Crippen molar-refractivity contribution < 1.29 is 9.15 Å². The fourth-order valence-electron chi connectivity index (χ4n) is 1.74. The quantitative estimate of drug-likeness (QED) is 0.791. The van der Waals surface area contributed by atoms with Crippen molar-refractivity contribution in [1.82, 2.24) is 5.32 Å². The molecule has 1 N–H and O–H groups in total. The third-order valence-corrected chi connectivity index (χ3v) is 3.73. The molecule has 0 aliphatic carbocycles. The van der Waals surface area contributed by atoms with Crippen LogP contribution in [0.4, 0.5) is 0 Å². The van der Waals surface area contributed by atoms with Crippen LogP contribution >= 0.6 is 31.9 Å². The van der Waals surface area contributed by atoms with E-state index in [1.54, 1.807) is 6.26 Å². The first-order valence-electron chi connectivity index (χ1n) is 6.04. The molecular formula is C14H15Br2NO2. The van der Waals surface area contributed by atoms with E-state index in [2.05, 4.69) is 49.3 Å². The molecule has 2 rings (SSSR count). The van der Waals surface area contributed by atoms with E-state index in [0.717, 1.165) is 33.5 Å². The summed E-state index contributed by atoms with van der Waals surface area (Å²) in [4.78, 5) is 0. The smallest absolute Gasteiger partial charge is 0.147 e. The third kappa shape index (κ3) is 4.09. The minimum Gasteiger partial charge on any atom is -0.492 e. The van der Waals surface area contributed by atoms with E-state index >= 15 is 0 Å². The lowest BCUT2D eigenvalue weighted by Gasteiger charge is -2.11. The van der Waals surface area contributed by atoms with Crippen molar-refractivity contribution in [2.45, 2.75) is 20.0 Å². The number of hydrogen-bond acceptors (Lipinski definition) is 3. The molecule has 0 aliphatic heterocycles. The van der Waals surface area contributed by atoms with Gasteiger partial charge in [-0.3, -0.25) is 0 Å². The highest BCUT2D eigenvalue weighted by Gasteiger charge is 2.08. The Hall–Kier alpha value is -0.780. The summed E-state index contributed by atoms with van der Waals surface area (Å²) in [6.07, 6.45) is 1.68. The van der Waals surface area contributed by atoms with Crippen LogP contribution in [0.25, 0.3) is 0 Å². The third-order valence-electron chi connectivity index (χ3n) is 2.56. The van der Waals surface area contributed by atoms with E-state index in [-0.39, 0.29) is 0 Å². The lowest BCUT2D eigenvalue weighted by atomic mass is 10.2. The molecule has 1 aromatic heterocycles. The lowest BCUT2D eigenvalue weighted by molar-refractivity contribution is 0.336. The van der Waals surface area contributed by atoms with Gasteiger partial charge in [0.15, 0.2) is 0 Å². The summed E-state index contributed by atoms with van der Waals surface area (Å²) >= 11 is 7.06. The Kier molecular flexibility index (Phi) is 5.48. The van der Waals surface area contributed by atoms with Gasteiger partial charge in [-0.25, -0.2) is 0 Å². The standard InChI is InChI=1S/C14H15Br2NO2/c1-2-18-14-12(15)6-10(7-13(14)16)8-17-9-11-4-3-5-19-11/h3-7,17H,2,8-9H2,1H3. The maximum atomic E-state index is 5.56. The molecule has 102 valence electrons. The topological polar surface area (TPSA) is 34.4 Å². The lowest BCUT2D eigenvalue weighted by Crippen LogP contribution is -2.12. The first-order valence-corrected chi connectivity index (χ1v) is 7.63. The number of nitrogens with one attached hydrogen (secondary N) is 1. The molecule has 0 bridgehead atoms. The second-order valence-corrected chi connectivity index (χ2v) is 5.71. The summed E-state index contributed by atoms with van der Waals surface area (Å²) in [6.45, 7) is 4.10. The molecule has 0 aliphatic rings. The highest BCUT2D eigenvalue weighted by atomic mass is 79.9. The van der Waals surface area contributed by atoms with Crippen molar-refractivity contribution in [3.05, 3.63) is 50.8 Å². The van der Waals surface area contributed by atoms with Crippen molar-refractivity contribution in [3.8, 4) is 5.75 Å². The molecule has 0 atom stereocenters. The van der Waals surface area contributed by atoms with Gasteiger partial charge in [0.05, 0.1) is 28.4 Å². The summed E-state index contributed by atoms with van der Waals surface area (Å²) in [5.74, 6) is 1.78. The zero-order valence-electron chi connectivity index (χ0n) is 10.6. The van der Waals surface area contributed by atoms with Crippen LogP contribution in [-0.2, 0) is 13.1 Å². The Balaban J connectivity index is 1.97. The minimum absolute atomic E-state index is 0.646. The molecule has 1 heterocycles. The molecule has 19 heavy (non-hydrogen) atoms. The number of halogens is 2. The maximum absolute atomic E-state index is 5.56. The summed E-state index contributed by atoms with van der Waals surface area (Å²) < 4.78 is 12.7. The highest BCUT2D eigenvalue weighted by Crippen LogP contribution is 2.34. The summed E-state index contributed by atoms with van der Waals surface area (Å²) in [5, 5.41) is 3.33. The van der Waals surface area contributed by atoms with Gasteiger partial charge in [-0.1, -0.05) is 0 Å². The minimum atomic E-state index is 0.646. The zero-order chi connectivity index (χ0) is 13.7. The number of furan rings is 1. The van der Waals surface area contributed by atoms with Crippen LogP contribution < -0.4 is 10.1 Å². The van der Waals surface area contributed by atoms with Crippen molar-refractivity contribution in [2.75, 3.05) is 6.61 Å². The first-order chi connectivity index (χ1) is 9.20. The number of rotatable bonds is 6. The van der Waals surface area contributed by atoms with Gasteiger partial charge in [0, 0.05) is 6.54 Å². The molecule has 0 amide bonds. The number of benzene rings is 1. The molecule has 0 fully saturated rings. The Morgan fingerprint density at radius 1 is 1.21 bits per heavy atom. The zero-order valence-corrected chi connectivity index (χ0v) is 13.8. The second kappa shape index (κ2) is 7.12. The normalized spacial score (nSPS) is 10.7. The molecule has 0 unspecified atom stereocenters. The Morgan fingerprint density at radius 2 is 1.95 bits per heavy atom. The molecule has 2 aromatic rings. The van der Waals surface area contributed by atoms with Crippen LogP contribution in [0.1, 0.15) is 18.2 Å². The molecule has 3 nitrogen and oxygen atoms in total. The molecule has 1 aromatic carbocycles. The summed E-state index contributed by atoms with van der Waals surface area (Å²) in [7, 11) is 0. The van der Waals surface area contributed by atoms with Crippen molar-refractivity contribution in [3.63, 3.8) is 0 Å². The molecule has 0 saturated heterocycles. The predicted octanol–water partition coefficient (Wildman–Crippen LogP) is 4.49. The Bertz CT molecular complexity index is 503. The summed E-state index contributed by atoms with van der Waals surface area (Å²) in [5.41, 5.74) is 1.17. The van der Waals surface area contributed by atoms with Gasteiger partial charge in [-0.05, 0) is 68.6 Å². The van der Waals surface area contributed by atoms with E-state index in [9.17, 15) is 0 Å². The van der Waals surface area contributed by atoms with Gasteiger partial charge < -0.3 is 14.5 Å². The van der Waals surface area contributed by atoms with E-state index in [1.807, 2.05) is 19.1 Å². The van der Waals surface area contributed by atoms with Crippen molar-refractivity contribution >= 4 is 31.9 Å². The molecular weight excluding hydrogens is 374 g/mol. The van der Waals surface area contributed by atoms with Crippen LogP contribution in [0.5, 0.6) is 5.75 Å². The molecule has 0 spiro atoms. The average molecular weight is 389 g/mol. The van der Waals surface area contributed by atoms with Crippen LogP contribution in [0.15, 0.2) is 43.9 Å². The van der Waals surface area contributed by atoms with Crippen LogP contribution in [0, 0.1) is 0 Å². The van der Waals surface area contributed by atoms with E-state index in [4.69, 9.17) is 9.15 Å². The van der Waals surface area contributed by atoms with Gasteiger partial charge in [0.25, 0.3) is 0 Å². The van der Waals surface area contributed by atoms with Crippen LogP contribution in [0.2, 0.25) is 0 Å². The molecule has 0 radical (unpaired) electrons. The predicted molar refractivity (Wildman–Crippen MR) is 82.3 cm³/mol. The van der Waals surface area contributed by atoms with E-state index in [0.29, 0.717) is 6.61 Å². The molecule has 0 saturated carbocycles. The van der Waals surface area contributed by atoms with Crippen molar-refractivity contribution in [1.29, 1.82) is 0 Å². The Morgan fingerprint density at radius 3 is 2.53 bits per heavy atom. The van der Waals surface area contributed by atoms with Gasteiger partial charge in [-0.15, -0.1) is 0 Å². The summed E-state index contributed by atoms with van der Waals surface area (Å²) in [6, 6.07) is 7.97. The van der Waals surface area contributed by atoms with E-state index < -0.39 is 0 Å². The number of hydrogen-bond donors (Lipinski definition) is 1. The SMILES string of the molecule is CCOc1c(Br)cc(CNCc2ccco2)cc1Br. The van der Waals surface area contributed by atoms with Gasteiger partial charge in [-0.2, -0.15) is 0 Å². The van der Waals surface area contributed by atoms with Gasteiger partial charge in [0.2, 0.25) is 0 Å². The first kappa shape index (κ1) is 14.6. The maximum Gasteiger partial charge on any atom is 0.147 e. The largest absolute Gasteiger partial charge is 0.492 e. The van der Waals surface area contributed by atoms with Gasteiger partial charge in [0.1, 0.15) is 11.5 Å². The van der Waals surface area contributed by atoms with E-state index in [1.165, 1.54) is 5.56 Å². The van der Waals surface area contributed by atoms with Crippen LogP contribution in [0.3, 0.4) is 0 Å². The second-order valence-electron chi connectivity index (χ2n) is 4.00. The van der Waals surface area contributed by atoms with Crippen molar-refractivity contribution in [2.24, 2.45) is 0 Å². The fourth-order valence-corrected chi connectivity index (χ4v) is 3.25. The highest BCUT2D eigenvalue weighted by molar-refractivity contribution is 9.11. The number of ether oxygens (including phenoxy) is 1. The monoisotopic (exact) mass is 387 g/mol.